The number of rotatable bonds is 2. The Bertz CT molecular complexity index is 356. The maximum Gasteiger partial charge on any atom is 0.138 e. The molecule has 0 atom stereocenters. The number of ether oxygens (including phenoxy) is 1. The first-order valence-corrected chi connectivity index (χ1v) is 4.97. The van der Waals surface area contributed by atoms with E-state index in [1.165, 1.54) is 0 Å². The average Bonchev–Trinajstić information content (AvgIpc) is 2.04. The standard InChI is InChI=1S/C8H7BrClNOS/c1-12-5-3-2-4(9)6(7(5)10)8(11)13/h2-3H,1H3,(H2,11,13). The molecule has 0 aromatic heterocycles. The van der Waals surface area contributed by atoms with Crippen molar-refractivity contribution in [3.05, 3.63) is 27.2 Å². The van der Waals surface area contributed by atoms with Crippen molar-refractivity contribution in [2.45, 2.75) is 0 Å². The molecule has 70 valence electrons. The van der Waals surface area contributed by atoms with Gasteiger partial charge in [0.15, 0.2) is 0 Å². The molecule has 0 heterocycles. The largest absolute Gasteiger partial charge is 0.495 e. The zero-order chi connectivity index (χ0) is 10.0. The van der Waals surface area contributed by atoms with Crippen molar-refractivity contribution in [1.29, 1.82) is 0 Å². The van der Waals surface area contributed by atoms with Crippen molar-refractivity contribution < 1.29 is 4.74 Å². The third-order valence-electron chi connectivity index (χ3n) is 1.52. The minimum absolute atomic E-state index is 0.246. The van der Waals surface area contributed by atoms with Gasteiger partial charge in [0.05, 0.1) is 12.1 Å². The van der Waals surface area contributed by atoms with E-state index in [0.717, 1.165) is 4.47 Å². The molecule has 0 unspecified atom stereocenters. The van der Waals surface area contributed by atoms with E-state index in [1.54, 1.807) is 19.2 Å². The highest BCUT2D eigenvalue weighted by Gasteiger charge is 2.12. The summed E-state index contributed by atoms with van der Waals surface area (Å²) < 4.78 is 5.79. The van der Waals surface area contributed by atoms with Crippen LogP contribution in [0.25, 0.3) is 0 Å². The van der Waals surface area contributed by atoms with Crippen molar-refractivity contribution >= 4 is 44.7 Å². The fourth-order valence-corrected chi connectivity index (χ4v) is 2.32. The number of benzene rings is 1. The average molecular weight is 281 g/mol. The quantitative estimate of drug-likeness (QED) is 0.846. The molecule has 0 bridgehead atoms. The molecule has 13 heavy (non-hydrogen) atoms. The van der Waals surface area contributed by atoms with Gasteiger partial charge in [-0.3, -0.25) is 0 Å². The van der Waals surface area contributed by atoms with Gasteiger partial charge in [0.25, 0.3) is 0 Å². The van der Waals surface area contributed by atoms with Gasteiger partial charge in [-0.25, -0.2) is 0 Å². The lowest BCUT2D eigenvalue weighted by Gasteiger charge is -2.08. The predicted octanol–water partition coefficient (Wildman–Crippen LogP) is 2.75. The van der Waals surface area contributed by atoms with Crippen LogP contribution in [0.15, 0.2) is 16.6 Å². The fourth-order valence-electron chi connectivity index (χ4n) is 0.917. The number of thiocarbonyl (C=S) groups is 1. The lowest BCUT2D eigenvalue weighted by Crippen LogP contribution is -2.11. The molecule has 0 radical (unpaired) electrons. The van der Waals surface area contributed by atoms with Gasteiger partial charge >= 0.3 is 0 Å². The molecule has 2 N–H and O–H groups in total. The van der Waals surface area contributed by atoms with Crippen LogP contribution in [0.3, 0.4) is 0 Å². The van der Waals surface area contributed by atoms with Gasteiger partial charge < -0.3 is 10.5 Å². The second-order valence-corrected chi connectivity index (χ2v) is 3.98. The maximum absolute atomic E-state index is 5.99. The van der Waals surface area contributed by atoms with Crippen LogP contribution in [-0.4, -0.2) is 12.1 Å². The third kappa shape index (κ3) is 2.13. The summed E-state index contributed by atoms with van der Waals surface area (Å²) in [6, 6.07) is 3.54. The van der Waals surface area contributed by atoms with E-state index in [4.69, 9.17) is 34.3 Å². The Morgan fingerprint density at radius 3 is 2.69 bits per heavy atom. The van der Waals surface area contributed by atoms with E-state index in [2.05, 4.69) is 15.9 Å². The molecule has 1 aromatic rings. The first-order valence-electron chi connectivity index (χ1n) is 3.39. The fraction of sp³-hybridized carbons (Fsp3) is 0.125. The molecule has 0 aliphatic rings. The molecular weight excluding hydrogens is 274 g/mol. The highest BCUT2D eigenvalue weighted by Crippen LogP contribution is 2.33. The molecule has 0 saturated carbocycles. The van der Waals surface area contributed by atoms with Crippen LogP contribution >= 0.6 is 39.7 Å². The lowest BCUT2D eigenvalue weighted by atomic mass is 10.2. The van der Waals surface area contributed by atoms with E-state index in [-0.39, 0.29) is 4.99 Å². The Hall–Kier alpha value is -0.320. The van der Waals surface area contributed by atoms with Crippen molar-refractivity contribution in [2.75, 3.05) is 7.11 Å². The second-order valence-electron chi connectivity index (χ2n) is 2.30. The molecule has 0 saturated heterocycles. The topological polar surface area (TPSA) is 35.2 Å². The normalized spacial score (nSPS) is 9.77. The molecular formula is C8H7BrClNOS. The molecule has 0 spiro atoms. The van der Waals surface area contributed by atoms with Crippen molar-refractivity contribution in [3.8, 4) is 5.75 Å². The van der Waals surface area contributed by atoms with Gasteiger partial charge in [-0.15, -0.1) is 0 Å². The van der Waals surface area contributed by atoms with Crippen molar-refractivity contribution in [3.63, 3.8) is 0 Å². The van der Waals surface area contributed by atoms with E-state index in [0.29, 0.717) is 16.3 Å². The molecule has 1 rings (SSSR count). The molecule has 5 heteroatoms. The van der Waals surface area contributed by atoms with E-state index in [9.17, 15) is 0 Å². The van der Waals surface area contributed by atoms with Gasteiger partial charge in [-0.2, -0.15) is 0 Å². The smallest absolute Gasteiger partial charge is 0.138 e. The number of hydrogen-bond donors (Lipinski definition) is 1. The summed E-state index contributed by atoms with van der Waals surface area (Å²) in [6.45, 7) is 0. The molecule has 0 fully saturated rings. The zero-order valence-corrected chi connectivity index (χ0v) is 9.96. The van der Waals surface area contributed by atoms with Crippen LogP contribution in [0.2, 0.25) is 5.02 Å². The minimum Gasteiger partial charge on any atom is -0.495 e. The Morgan fingerprint density at radius 2 is 2.23 bits per heavy atom. The Kier molecular flexibility index (Phi) is 3.53. The summed E-state index contributed by atoms with van der Waals surface area (Å²) in [7, 11) is 1.54. The summed E-state index contributed by atoms with van der Waals surface area (Å²) in [5.41, 5.74) is 6.11. The van der Waals surface area contributed by atoms with Crippen LogP contribution in [0.5, 0.6) is 5.75 Å². The van der Waals surface area contributed by atoms with Crippen LogP contribution in [0, 0.1) is 0 Å². The highest BCUT2D eigenvalue weighted by atomic mass is 79.9. The predicted molar refractivity (Wildman–Crippen MR) is 61.6 cm³/mol. The van der Waals surface area contributed by atoms with E-state index in [1.807, 2.05) is 0 Å². The highest BCUT2D eigenvalue weighted by molar-refractivity contribution is 9.10. The van der Waals surface area contributed by atoms with Gasteiger partial charge in [-0.05, 0) is 12.1 Å². The Balaban J connectivity index is 3.38. The number of halogens is 2. The van der Waals surface area contributed by atoms with E-state index < -0.39 is 0 Å². The summed E-state index contributed by atoms with van der Waals surface area (Å²) >= 11 is 14.1. The maximum atomic E-state index is 5.99. The molecule has 0 aliphatic carbocycles. The Morgan fingerprint density at radius 1 is 1.62 bits per heavy atom. The lowest BCUT2D eigenvalue weighted by molar-refractivity contribution is 0.415. The molecule has 1 aromatic carbocycles. The van der Waals surface area contributed by atoms with Crippen LogP contribution < -0.4 is 10.5 Å². The van der Waals surface area contributed by atoms with Gasteiger partial charge in [-0.1, -0.05) is 39.7 Å². The monoisotopic (exact) mass is 279 g/mol. The minimum atomic E-state index is 0.246. The molecule has 0 amide bonds. The summed E-state index contributed by atoms with van der Waals surface area (Å²) in [6.07, 6.45) is 0. The summed E-state index contributed by atoms with van der Waals surface area (Å²) in [4.78, 5) is 0.246. The van der Waals surface area contributed by atoms with Gasteiger partial charge in [0, 0.05) is 10.0 Å². The Labute approximate surface area is 95.1 Å². The zero-order valence-electron chi connectivity index (χ0n) is 6.80. The van der Waals surface area contributed by atoms with Crippen LogP contribution in [-0.2, 0) is 0 Å². The van der Waals surface area contributed by atoms with Crippen LogP contribution in [0.4, 0.5) is 0 Å². The molecule has 2 nitrogen and oxygen atoms in total. The third-order valence-corrected chi connectivity index (χ3v) is 2.76. The number of nitrogens with two attached hydrogens (primary N) is 1. The first kappa shape index (κ1) is 10.8. The van der Waals surface area contributed by atoms with Gasteiger partial charge in [0.1, 0.15) is 10.7 Å². The van der Waals surface area contributed by atoms with E-state index >= 15 is 0 Å². The second kappa shape index (κ2) is 4.26. The molecule has 0 aliphatic heterocycles. The summed E-state index contributed by atoms with van der Waals surface area (Å²) in [5.74, 6) is 0.563. The summed E-state index contributed by atoms with van der Waals surface area (Å²) in [5, 5.41) is 0.435. The van der Waals surface area contributed by atoms with Crippen LogP contribution in [0.1, 0.15) is 5.56 Å². The van der Waals surface area contributed by atoms with Gasteiger partial charge in [0.2, 0.25) is 0 Å². The van der Waals surface area contributed by atoms with Crippen molar-refractivity contribution in [2.24, 2.45) is 5.73 Å². The van der Waals surface area contributed by atoms with Crippen molar-refractivity contribution in [1.82, 2.24) is 0 Å². The number of hydrogen-bond acceptors (Lipinski definition) is 2. The first-order chi connectivity index (χ1) is 6.07. The number of methoxy groups -OCH3 is 1. The SMILES string of the molecule is COc1ccc(Br)c(C(N)=S)c1Cl.